The number of nitro groups is 1. The van der Waals surface area contributed by atoms with Gasteiger partial charge in [-0.2, -0.15) is 0 Å². The van der Waals surface area contributed by atoms with E-state index in [0.717, 1.165) is 16.8 Å². The lowest BCUT2D eigenvalue weighted by Gasteiger charge is -2.21. The maximum absolute atomic E-state index is 13.4. The van der Waals surface area contributed by atoms with Crippen molar-refractivity contribution in [3.63, 3.8) is 0 Å². The second-order valence-corrected chi connectivity index (χ2v) is 8.12. The van der Waals surface area contributed by atoms with Gasteiger partial charge in [-0.15, -0.1) is 0 Å². The van der Waals surface area contributed by atoms with Crippen molar-refractivity contribution in [1.82, 2.24) is 9.88 Å². The van der Waals surface area contributed by atoms with E-state index in [1.807, 2.05) is 38.1 Å². The molecule has 0 aliphatic rings. The number of nitrogens with zero attached hydrogens (tertiary/aromatic N) is 4. The fourth-order valence-corrected chi connectivity index (χ4v) is 4.24. The molecule has 1 aromatic heterocycles. The Morgan fingerprint density at radius 2 is 1.93 bits per heavy atom. The van der Waals surface area contributed by atoms with Crippen LogP contribution in [0.2, 0.25) is 0 Å². The molecule has 1 amide bonds. The van der Waals surface area contributed by atoms with Gasteiger partial charge in [0.2, 0.25) is 0 Å². The summed E-state index contributed by atoms with van der Waals surface area (Å²) in [7, 11) is 5.50. The minimum Gasteiger partial charge on any atom is -0.494 e. The molecule has 0 aliphatic heterocycles. The number of ether oxygens (including phenoxy) is 1. The molecule has 1 heterocycles. The van der Waals surface area contributed by atoms with Gasteiger partial charge < -0.3 is 9.64 Å². The highest BCUT2D eigenvalue weighted by Crippen LogP contribution is 2.37. The van der Waals surface area contributed by atoms with Crippen LogP contribution in [0.15, 0.2) is 36.4 Å². The molecule has 0 spiro atoms. The van der Waals surface area contributed by atoms with Gasteiger partial charge in [-0.3, -0.25) is 19.8 Å². The molecule has 9 heteroatoms. The van der Waals surface area contributed by atoms with Crippen LogP contribution in [0.5, 0.6) is 5.75 Å². The molecule has 0 radical (unpaired) electrons. The third-order valence-corrected chi connectivity index (χ3v) is 5.92. The summed E-state index contributed by atoms with van der Waals surface area (Å²) in [6, 6.07) is 9.81. The van der Waals surface area contributed by atoms with E-state index < -0.39 is 10.8 Å². The molecule has 3 rings (SSSR count). The van der Waals surface area contributed by atoms with E-state index in [1.165, 1.54) is 28.4 Å². The van der Waals surface area contributed by atoms with Crippen LogP contribution in [0, 0.1) is 17.0 Å². The Kier molecular flexibility index (Phi) is 6.63. The Balaban J connectivity index is 2.07. The summed E-state index contributed by atoms with van der Waals surface area (Å²) in [6.07, 6.45) is 0.700. The van der Waals surface area contributed by atoms with Gasteiger partial charge in [0.1, 0.15) is 16.8 Å². The van der Waals surface area contributed by atoms with Crippen LogP contribution in [0.25, 0.3) is 10.2 Å². The second-order valence-electron chi connectivity index (χ2n) is 7.15. The number of hydrogen-bond donors (Lipinski definition) is 0. The normalized spacial score (nSPS) is 11.1. The van der Waals surface area contributed by atoms with Crippen molar-refractivity contribution in [2.24, 2.45) is 0 Å². The quantitative estimate of drug-likeness (QED) is 0.396. The van der Waals surface area contributed by atoms with Gasteiger partial charge in [-0.05, 0) is 51.7 Å². The fourth-order valence-electron chi connectivity index (χ4n) is 3.17. The fraction of sp³-hybridized carbons (Fsp3) is 0.333. The van der Waals surface area contributed by atoms with Gasteiger partial charge in [-0.1, -0.05) is 29.5 Å². The minimum absolute atomic E-state index is 0.0512. The predicted molar refractivity (Wildman–Crippen MR) is 119 cm³/mol. The first-order valence-electron chi connectivity index (χ1n) is 9.47. The molecule has 0 saturated heterocycles. The van der Waals surface area contributed by atoms with Crippen LogP contribution < -0.4 is 9.64 Å². The summed E-state index contributed by atoms with van der Waals surface area (Å²) >= 11 is 1.39. The number of thiazole rings is 1. The molecule has 0 aliphatic carbocycles. The molecule has 0 atom stereocenters. The first kappa shape index (κ1) is 21.7. The number of aromatic nitrogens is 1. The number of amides is 1. The van der Waals surface area contributed by atoms with E-state index in [2.05, 4.69) is 4.98 Å². The molecule has 0 bridgehead atoms. The number of benzene rings is 2. The Morgan fingerprint density at radius 1 is 1.20 bits per heavy atom. The average molecular weight is 429 g/mol. The molecular weight excluding hydrogens is 404 g/mol. The summed E-state index contributed by atoms with van der Waals surface area (Å²) in [5, 5.41) is 12.0. The summed E-state index contributed by atoms with van der Waals surface area (Å²) in [5.74, 6) is 0.196. The van der Waals surface area contributed by atoms with Crippen LogP contribution in [0.1, 0.15) is 22.3 Å². The number of hydrogen-bond acceptors (Lipinski definition) is 7. The predicted octanol–water partition coefficient (Wildman–Crippen LogP) is 4.12. The summed E-state index contributed by atoms with van der Waals surface area (Å²) in [6.45, 7) is 3.14. The van der Waals surface area contributed by atoms with E-state index in [9.17, 15) is 14.9 Å². The van der Waals surface area contributed by atoms with Gasteiger partial charge in [0.15, 0.2) is 5.13 Å². The van der Waals surface area contributed by atoms with Crippen molar-refractivity contribution in [2.75, 3.05) is 39.2 Å². The number of aryl methyl sites for hydroxylation is 1. The van der Waals surface area contributed by atoms with Crippen molar-refractivity contribution >= 4 is 38.3 Å². The molecule has 0 unspecified atom stereocenters. The number of rotatable bonds is 8. The van der Waals surface area contributed by atoms with E-state index in [4.69, 9.17) is 4.74 Å². The number of methoxy groups -OCH3 is 1. The van der Waals surface area contributed by atoms with Crippen molar-refractivity contribution < 1.29 is 14.5 Å². The topological polar surface area (TPSA) is 88.8 Å². The van der Waals surface area contributed by atoms with Gasteiger partial charge in [0.25, 0.3) is 11.6 Å². The van der Waals surface area contributed by atoms with Gasteiger partial charge in [0.05, 0.1) is 16.7 Å². The monoisotopic (exact) mass is 428 g/mol. The largest absolute Gasteiger partial charge is 0.494 e. The lowest BCUT2D eigenvalue weighted by Crippen LogP contribution is -2.33. The first-order valence-corrected chi connectivity index (χ1v) is 10.3. The van der Waals surface area contributed by atoms with E-state index in [-0.39, 0.29) is 11.3 Å². The zero-order chi connectivity index (χ0) is 21.8. The molecule has 0 fully saturated rings. The van der Waals surface area contributed by atoms with Crippen LogP contribution in [0.3, 0.4) is 0 Å². The maximum Gasteiger partial charge on any atom is 0.282 e. The second kappa shape index (κ2) is 9.19. The zero-order valence-electron chi connectivity index (χ0n) is 17.4. The van der Waals surface area contributed by atoms with Crippen molar-refractivity contribution in [2.45, 2.75) is 13.3 Å². The SMILES string of the molecule is COc1ccc(C)c2sc(N(CCCN(C)C)C(=O)c3ccccc3[N+](=O)[O-])nc12. The molecule has 2 aromatic carbocycles. The smallest absolute Gasteiger partial charge is 0.282 e. The van der Waals surface area contributed by atoms with Gasteiger partial charge in [0, 0.05) is 12.6 Å². The number of anilines is 1. The van der Waals surface area contributed by atoms with Gasteiger partial charge >= 0.3 is 0 Å². The van der Waals surface area contributed by atoms with Gasteiger partial charge in [-0.25, -0.2) is 4.98 Å². The molecule has 0 N–H and O–H groups in total. The lowest BCUT2D eigenvalue weighted by molar-refractivity contribution is -0.385. The molecule has 158 valence electrons. The van der Waals surface area contributed by atoms with E-state index in [1.54, 1.807) is 19.2 Å². The van der Waals surface area contributed by atoms with Crippen molar-refractivity contribution in [3.8, 4) is 5.75 Å². The third-order valence-electron chi connectivity index (χ3n) is 4.71. The Labute approximate surface area is 178 Å². The van der Waals surface area contributed by atoms with Crippen LogP contribution in [-0.2, 0) is 0 Å². The van der Waals surface area contributed by atoms with E-state index in [0.29, 0.717) is 29.4 Å². The van der Waals surface area contributed by atoms with Crippen LogP contribution in [0.4, 0.5) is 10.8 Å². The number of carbonyl (C=O) groups excluding carboxylic acids is 1. The summed E-state index contributed by atoms with van der Waals surface area (Å²) < 4.78 is 6.36. The number of fused-ring (bicyclic) bond motifs is 1. The Bertz CT molecular complexity index is 1080. The highest BCUT2D eigenvalue weighted by molar-refractivity contribution is 7.22. The lowest BCUT2D eigenvalue weighted by atomic mass is 10.1. The van der Waals surface area contributed by atoms with Crippen molar-refractivity contribution in [3.05, 3.63) is 57.6 Å². The Morgan fingerprint density at radius 3 is 2.60 bits per heavy atom. The zero-order valence-corrected chi connectivity index (χ0v) is 18.2. The molecule has 0 saturated carbocycles. The molecule has 30 heavy (non-hydrogen) atoms. The number of nitro benzene ring substituents is 1. The number of carbonyl (C=O) groups is 1. The van der Waals surface area contributed by atoms with Crippen LogP contribution in [-0.4, -0.2) is 55.0 Å². The maximum atomic E-state index is 13.4. The first-order chi connectivity index (χ1) is 14.3. The Hall–Kier alpha value is -3.04. The average Bonchev–Trinajstić information content (AvgIpc) is 3.17. The molecular formula is C21H24N4O4S. The summed E-state index contributed by atoms with van der Waals surface area (Å²) in [4.78, 5) is 32.6. The minimum atomic E-state index is -0.531. The standard InChI is InChI=1S/C21H24N4O4S/c1-14-10-11-17(29-4)18-19(14)30-21(22-18)24(13-7-12-23(2)3)20(26)15-8-5-6-9-16(15)25(27)28/h5-6,8-11H,7,12-13H2,1-4H3. The van der Waals surface area contributed by atoms with Crippen molar-refractivity contribution in [1.29, 1.82) is 0 Å². The van der Waals surface area contributed by atoms with E-state index >= 15 is 0 Å². The highest BCUT2D eigenvalue weighted by Gasteiger charge is 2.27. The molecule has 8 nitrogen and oxygen atoms in total. The molecule has 3 aromatic rings. The number of para-hydroxylation sites is 1. The third kappa shape index (κ3) is 4.42. The van der Waals surface area contributed by atoms with Crippen LogP contribution >= 0.6 is 11.3 Å². The summed E-state index contributed by atoms with van der Waals surface area (Å²) in [5.41, 5.74) is 1.55. The highest BCUT2D eigenvalue weighted by atomic mass is 32.1.